The molecule has 0 aliphatic heterocycles. The number of carbonyl (C=O) groups excluding carboxylic acids is 3. The van der Waals surface area contributed by atoms with Crippen LogP contribution in [0.25, 0.3) is 0 Å². The molecule has 0 unspecified atom stereocenters. The Balaban J connectivity index is 1.80. The van der Waals surface area contributed by atoms with E-state index in [-0.39, 0.29) is 0 Å². The standard InChI is InChI=1S/C16H16N2O4S/c1-10-8-13(11(2)23-10)15(20)22-9-14(19)18-16(21)17-12-6-4-3-5-7-12/h3-8H,9H2,1-2H3,(H2,17,18,19,21). The largest absolute Gasteiger partial charge is 0.452 e. The smallest absolute Gasteiger partial charge is 0.339 e. The third-order valence-corrected chi connectivity index (χ3v) is 3.85. The Labute approximate surface area is 137 Å². The molecule has 0 aliphatic rings. The van der Waals surface area contributed by atoms with E-state index in [1.807, 2.05) is 19.9 Å². The van der Waals surface area contributed by atoms with Gasteiger partial charge in [-0.05, 0) is 32.0 Å². The van der Waals surface area contributed by atoms with E-state index < -0.39 is 24.5 Å². The minimum atomic E-state index is -0.698. The van der Waals surface area contributed by atoms with E-state index >= 15 is 0 Å². The van der Waals surface area contributed by atoms with Gasteiger partial charge in [0.05, 0.1) is 5.56 Å². The average molecular weight is 332 g/mol. The molecule has 0 aliphatic carbocycles. The summed E-state index contributed by atoms with van der Waals surface area (Å²) in [6.45, 7) is 3.17. The van der Waals surface area contributed by atoms with Gasteiger partial charge in [-0.2, -0.15) is 0 Å². The lowest BCUT2D eigenvalue weighted by Crippen LogP contribution is -2.37. The topological polar surface area (TPSA) is 84.5 Å². The Morgan fingerprint density at radius 2 is 1.83 bits per heavy atom. The molecule has 1 heterocycles. The van der Waals surface area contributed by atoms with Crippen molar-refractivity contribution in [2.45, 2.75) is 13.8 Å². The van der Waals surface area contributed by atoms with Crippen molar-refractivity contribution in [2.24, 2.45) is 0 Å². The quantitative estimate of drug-likeness (QED) is 0.843. The molecule has 0 radical (unpaired) electrons. The van der Waals surface area contributed by atoms with E-state index in [4.69, 9.17) is 4.74 Å². The number of hydrogen-bond donors (Lipinski definition) is 2. The Hall–Kier alpha value is -2.67. The van der Waals surface area contributed by atoms with Gasteiger partial charge in [0, 0.05) is 15.4 Å². The van der Waals surface area contributed by atoms with Gasteiger partial charge in [-0.3, -0.25) is 10.1 Å². The maximum atomic E-state index is 11.9. The van der Waals surface area contributed by atoms with Crippen LogP contribution in [0.4, 0.5) is 10.5 Å². The van der Waals surface area contributed by atoms with Gasteiger partial charge >= 0.3 is 12.0 Å². The summed E-state index contributed by atoms with van der Waals surface area (Å²) < 4.78 is 4.91. The van der Waals surface area contributed by atoms with Gasteiger partial charge in [-0.25, -0.2) is 9.59 Å². The van der Waals surface area contributed by atoms with Crippen molar-refractivity contribution in [3.8, 4) is 0 Å². The number of anilines is 1. The van der Waals surface area contributed by atoms with Crippen molar-refractivity contribution in [1.29, 1.82) is 0 Å². The Morgan fingerprint density at radius 1 is 1.13 bits per heavy atom. The molecule has 0 saturated heterocycles. The van der Waals surface area contributed by atoms with Crippen LogP contribution in [-0.2, 0) is 9.53 Å². The summed E-state index contributed by atoms with van der Waals surface area (Å²) in [6.07, 6.45) is 0. The first-order chi connectivity index (χ1) is 11.0. The second-order valence-corrected chi connectivity index (χ2v) is 6.23. The SMILES string of the molecule is Cc1cc(C(=O)OCC(=O)NC(=O)Nc2ccccc2)c(C)s1. The van der Waals surface area contributed by atoms with E-state index in [1.54, 1.807) is 30.3 Å². The highest BCUT2D eigenvalue weighted by Crippen LogP contribution is 2.21. The molecule has 0 bridgehead atoms. The van der Waals surface area contributed by atoms with Crippen LogP contribution in [0.2, 0.25) is 0 Å². The summed E-state index contributed by atoms with van der Waals surface area (Å²) in [4.78, 5) is 36.9. The minimum absolute atomic E-state index is 0.439. The lowest BCUT2D eigenvalue weighted by atomic mass is 10.2. The van der Waals surface area contributed by atoms with E-state index in [2.05, 4.69) is 10.6 Å². The molecule has 2 N–H and O–H groups in total. The third-order valence-electron chi connectivity index (χ3n) is 2.88. The molecule has 6 nitrogen and oxygen atoms in total. The van der Waals surface area contributed by atoms with Gasteiger partial charge in [-0.15, -0.1) is 11.3 Å². The van der Waals surface area contributed by atoms with Gasteiger partial charge in [0.1, 0.15) is 0 Å². The fourth-order valence-corrected chi connectivity index (χ4v) is 2.80. The monoisotopic (exact) mass is 332 g/mol. The first kappa shape index (κ1) is 16.7. The number of nitrogens with one attached hydrogen (secondary N) is 2. The predicted octanol–water partition coefficient (Wildman–Crippen LogP) is 2.87. The molecule has 23 heavy (non-hydrogen) atoms. The number of amides is 3. The van der Waals surface area contributed by atoms with Crippen LogP contribution in [0.1, 0.15) is 20.1 Å². The fraction of sp³-hybridized carbons (Fsp3) is 0.188. The highest BCUT2D eigenvalue weighted by molar-refractivity contribution is 7.12. The Morgan fingerprint density at radius 3 is 2.43 bits per heavy atom. The van der Waals surface area contributed by atoms with E-state index in [0.29, 0.717) is 11.3 Å². The fourth-order valence-electron chi connectivity index (χ4n) is 1.89. The molecule has 0 fully saturated rings. The second-order valence-electron chi connectivity index (χ2n) is 4.77. The van der Waals surface area contributed by atoms with Gasteiger partial charge in [0.2, 0.25) is 0 Å². The summed E-state index contributed by atoms with van der Waals surface area (Å²) in [5, 5.41) is 4.59. The highest BCUT2D eigenvalue weighted by Gasteiger charge is 2.16. The Kier molecular flexibility index (Phi) is 5.48. The zero-order valence-electron chi connectivity index (χ0n) is 12.7. The van der Waals surface area contributed by atoms with Crippen molar-refractivity contribution in [2.75, 3.05) is 11.9 Å². The van der Waals surface area contributed by atoms with Crippen LogP contribution in [-0.4, -0.2) is 24.5 Å². The summed E-state index contributed by atoms with van der Waals surface area (Å²) in [5.74, 6) is -1.28. The minimum Gasteiger partial charge on any atom is -0.452 e. The number of hydrogen-bond acceptors (Lipinski definition) is 5. The molecular weight excluding hydrogens is 316 g/mol. The number of imide groups is 1. The first-order valence-corrected chi connectivity index (χ1v) is 7.67. The Bertz CT molecular complexity index is 725. The van der Waals surface area contributed by atoms with Crippen LogP contribution in [0, 0.1) is 13.8 Å². The summed E-state index contributed by atoms with van der Waals surface area (Å²) in [5.41, 5.74) is 0.994. The van der Waals surface area contributed by atoms with E-state index in [0.717, 1.165) is 9.75 Å². The zero-order valence-corrected chi connectivity index (χ0v) is 13.5. The maximum absolute atomic E-state index is 11.9. The number of ether oxygens (including phenoxy) is 1. The van der Waals surface area contributed by atoms with Crippen LogP contribution in [0.3, 0.4) is 0 Å². The molecule has 120 valence electrons. The van der Waals surface area contributed by atoms with Gasteiger partial charge in [-0.1, -0.05) is 18.2 Å². The van der Waals surface area contributed by atoms with Crippen molar-refractivity contribution in [1.82, 2.24) is 5.32 Å². The van der Waals surface area contributed by atoms with Gasteiger partial charge < -0.3 is 10.1 Å². The van der Waals surface area contributed by atoms with Crippen molar-refractivity contribution in [3.63, 3.8) is 0 Å². The molecule has 2 rings (SSSR count). The van der Waals surface area contributed by atoms with Gasteiger partial charge in [0.25, 0.3) is 5.91 Å². The number of rotatable bonds is 4. The molecule has 2 aromatic rings. The van der Waals surface area contributed by atoms with Crippen LogP contribution in [0.5, 0.6) is 0 Å². The number of thiophene rings is 1. The second kappa shape index (κ2) is 7.55. The average Bonchev–Trinajstić information content (AvgIpc) is 2.84. The third kappa shape index (κ3) is 4.93. The summed E-state index contributed by atoms with van der Waals surface area (Å²) >= 11 is 1.48. The number of urea groups is 1. The van der Waals surface area contributed by atoms with Crippen molar-refractivity contribution < 1.29 is 19.1 Å². The lowest BCUT2D eigenvalue weighted by Gasteiger charge is -2.07. The summed E-state index contributed by atoms with van der Waals surface area (Å²) in [7, 11) is 0. The maximum Gasteiger partial charge on any atom is 0.339 e. The molecule has 0 saturated carbocycles. The number of esters is 1. The molecule has 3 amide bonds. The lowest BCUT2D eigenvalue weighted by molar-refractivity contribution is -0.123. The van der Waals surface area contributed by atoms with Crippen molar-refractivity contribution >= 4 is 34.9 Å². The van der Waals surface area contributed by atoms with Crippen LogP contribution in [0.15, 0.2) is 36.4 Å². The first-order valence-electron chi connectivity index (χ1n) is 6.86. The summed E-state index contributed by atoms with van der Waals surface area (Å²) in [6, 6.07) is 9.72. The van der Waals surface area contributed by atoms with Crippen LogP contribution < -0.4 is 10.6 Å². The van der Waals surface area contributed by atoms with Gasteiger partial charge in [0.15, 0.2) is 6.61 Å². The molecule has 0 atom stereocenters. The van der Waals surface area contributed by atoms with E-state index in [9.17, 15) is 14.4 Å². The number of para-hydroxylation sites is 1. The normalized spacial score (nSPS) is 10.0. The number of carbonyl (C=O) groups is 3. The molecule has 1 aromatic carbocycles. The highest BCUT2D eigenvalue weighted by atomic mass is 32.1. The van der Waals surface area contributed by atoms with E-state index in [1.165, 1.54) is 11.3 Å². The van der Waals surface area contributed by atoms with Crippen LogP contribution >= 0.6 is 11.3 Å². The zero-order chi connectivity index (χ0) is 16.8. The molecule has 7 heteroatoms. The number of aryl methyl sites for hydroxylation is 2. The molecule has 0 spiro atoms. The number of benzene rings is 1. The molecular formula is C16H16N2O4S. The van der Waals surface area contributed by atoms with Crippen molar-refractivity contribution in [3.05, 3.63) is 51.7 Å². The molecule has 1 aromatic heterocycles. The predicted molar refractivity (Wildman–Crippen MR) is 87.7 cm³/mol.